The number of carbonyl (C=O) groups excluding carboxylic acids is 1. The Morgan fingerprint density at radius 2 is 2.17 bits per heavy atom. The minimum atomic E-state index is 0.246. The van der Waals surface area contributed by atoms with Crippen LogP contribution in [0.4, 0.5) is 0 Å². The van der Waals surface area contributed by atoms with Crippen molar-refractivity contribution < 1.29 is 4.79 Å². The minimum absolute atomic E-state index is 0.246. The van der Waals surface area contributed by atoms with Gasteiger partial charge in [0, 0.05) is 19.5 Å². The summed E-state index contributed by atoms with van der Waals surface area (Å²) in [5, 5.41) is 0. The Bertz CT molecular complexity index is 588. The maximum atomic E-state index is 11.9. The van der Waals surface area contributed by atoms with E-state index in [-0.39, 0.29) is 5.91 Å². The van der Waals surface area contributed by atoms with Crippen LogP contribution in [0.2, 0.25) is 0 Å². The summed E-state index contributed by atoms with van der Waals surface area (Å²) in [4.78, 5) is 18.4. The van der Waals surface area contributed by atoms with E-state index in [1.165, 1.54) is 5.52 Å². The van der Waals surface area contributed by atoms with Gasteiger partial charge in [-0.05, 0) is 18.6 Å². The molecule has 0 fully saturated rings. The molecule has 94 valence electrons. The molecule has 0 atom stereocenters. The van der Waals surface area contributed by atoms with Gasteiger partial charge in [0.25, 0.3) is 0 Å². The molecule has 0 unspecified atom stereocenters. The summed E-state index contributed by atoms with van der Waals surface area (Å²) >= 11 is 0. The van der Waals surface area contributed by atoms with E-state index >= 15 is 0 Å². The third kappa shape index (κ3) is 1.78. The highest BCUT2D eigenvalue weighted by molar-refractivity contribution is 5.78. The van der Waals surface area contributed by atoms with Crippen LogP contribution in [-0.4, -0.2) is 26.9 Å². The molecule has 1 aliphatic heterocycles. The zero-order valence-corrected chi connectivity index (χ0v) is 10.6. The van der Waals surface area contributed by atoms with Gasteiger partial charge in [0.05, 0.1) is 17.6 Å². The first-order chi connectivity index (χ1) is 8.79. The second-order valence-corrected chi connectivity index (χ2v) is 4.73. The van der Waals surface area contributed by atoms with E-state index in [4.69, 9.17) is 0 Å². The highest BCUT2D eigenvalue weighted by Gasteiger charge is 2.22. The van der Waals surface area contributed by atoms with E-state index in [0.717, 1.165) is 30.9 Å². The lowest BCUT2D eigenvalue weighted by Crippen LogP contribution is -2.38. The molecular formula is C14H17N3O. The van der Waals surface area contributed by atoms with Gasteiger partial charge in [-0.3, -0.25) is 4.79 Å². The number of hydrogen-bond donors (Lipinski definition) is 0. The SMILES string of the molecule is CCCC(=O)N1CCn2c(nc3ccccc32)C1. The van der Waals surface area contributed by atoms with Gasteiger partial charge in [-0.2, -0.15) is 0 Å². The number of aromatic nitrogens is 2. The van der Waals surface area contributed by atoms with Crippen LogP contribution in [0.25, 0.3) is 11.0 Å². The molecule has 0 saturated carbocycles. The van der Waals surface area contributed by atoms with Crippen LogP contribution in [0.15, 0.2) is 24.3 Å². The molecule has 0 saturated heterocycles. The highest BCUT2D eigenvalue weighted by atomic mass is 16.2. The van der Waals surface area contributed by atoms with Gasteiger partial charge in [-0.25, -0.2) is 4.98 Å². The Kier molecular flexibility index (Phi) is 2.78. The zero-order valence-electron chi connectivity index (χ0n) is 10.6. The van der Waals surface area contributed by atoms with Crippen LogP contribution in [0.3, 0.4) is 0 Å². The quantitative estimate of drug-likeness (QED) is 0.810. The topological polar surface area (TPSA) is 38.1 Å². The van der Waals surface area contributed by atoms with E-state index in [1.54, 1.807) is 0 Å². The molecule has 4 heteroatoms. The Balaban J connectivity index is 1.91. The summed E-state index contributed by atoms with van der Waals surface area (Å²) in [7, 11) is 0. The number of hydrogen-bond acceptors (Lipinski definition) is 2. The molecular weight excluding hydrogens is 226 g/mol. The number of para-hydroxylation sites is 2. The summed E-state index contributed by atoms with van der Waals surface area (Å²) < 4.78 is 2.23. The van der Waals surface area contributed by atoms with Crippen molar-refractivity contribution in [2.75, 3.05) is 6.54 Å². The van der Waals surface area contributed by atoms with Crippen LogP contribution in [-0.2, 0) is 17.9 Å². The number of benzene rings is 1. The lowest BCUT2D eigenvalue weighted by molar-refractivity contribution is -0.132. The van der Waals surface area contributed by atoms with E-state index in [1.807, 2.05) is 30.0 Å². The number of carbonyl (C=O) groups is 1. The predicted octanol–water partition coefficient (Wildman–Crippen LogP) is 2.18. The molecule has 3 rings (SSSR count). The number of nitrogens with zero attached hydrogens (tertiary/aromatic N) is 3. The van der Waals surface area contributed by atoms with Gasteiger partial charge < -0.3 is 9.47 Å². The lowest BCUT2D eigenvalue weighted by Gasteiger charge is -2.28. The van der Waals surface area contributed by atoms with Crippen molar-refractivity contribution in [3.05, 3.63) is 30.1 Å². The van der Waals surface area contributed by atoms with Crippen molar-refractivity contribution in [2.24, 2.45) is 0 Å². The molecule has 4 nitrogen and oxygen atoms in total. The summed E-state index contributed by atoms with van der Waals surface area (Å²) in [5.41, 5.74) is 2.20. The Hall–Kier alpha value is -1.84. The molecule has 0 N–H and O–H groups in total. The number of amides is 1. The average molecular weight is 243 g/mol. The largest absolute Gasteiger partial charge is 0.333 e. The molecule has 1 aliphatic rings. The molecule has 1 aromatic carbocycles. The van der Waals surface area contributed by atoms with Crippen LogP contribution in [0.1, 0.15) is 25.6 Å². The maximum Gasteiger partial charge on any atom is 0.223 e. The second kappa shape index (κ2) is 4.44. The lowest BCUT2D eigenvalue weighted by atomic mass is 10.2. The molecule has 0 aliphatic carbocycles. The van der Waals surface area contributed by atoms with Gasteiger partial charge in [0.2, 0.25) is 5.91 Å². The first kappa shape index (κ1) is 11.3. The first-order valence-electron chi connectivity index (χ1n) is 6.51. The van der Waals surface area contributed by atoms with Crippen LogP contribution < -0.4 is 0 Å². The third-order valence-electron chi connectivity index (χ3n) is 3.48. The van der Waals surface area contributed by atoms with Crippen LogP contribution in [0.5, 0.6) is 0 Å². The van der Waals surface area contributed by atoms with E-state index in [0.29, 0.717) is 13.0 Å². The average Bonchev–Trinajstić information content (AvgIpc) is 2.76. The minimum Gasteiger partial charge on any atom is -0.333 e. The van der Waals surface area contributed by atoms with Crippen molar-refractivity contribution in [1.82, 2.24) is 14.5 Å². The highest BCUT2D eigenvalue weighted by Crippen LogP contribution is 2.20. The van der Waals surface area contributed by atoms with Gasteiger partial charge in [-0.15, -0.1) is 0 Å². The summed E-state index contributed by atoms with van der Waals surface area (Å²) in [6.45, 7) is 4.34. The Labute approximate surface area is 106 Å². The maximum absolute atomic E-state index is 11.9. The fraction of sp³-hybridized carbons (Fsp3) is 0.429. The molecule has 1 amide bonds. The molecule has 18 heavy (non-hydrogen) atoms. The molecule has 2 aromatic rings. The van der Waals surface area contributed by atoms with Gasteiger partial charge in [-0.1, -0.05) is 19.1 Å². The monoisotopic (exact) mass is 243 g/mol. The van der Waals surface area contributed by atoms with Gasteiger partial charge >= 0.3 is 0 Å². The Morgan fingerprint density at radius 1 is 1.33 bits per heavy atom. The van der Waals surface area contributed by atoms with Gasteiger partial charge in [0.1, 0.15) is 5.82 Å². The Morgan fingerprint density at radius 3 is 3.00 bits per heavy atom. The van der Waals surface area contributed by atoms with Gasteiger partial charge in [0.15, 0.2) is 0 Å². The molecule has 0 bridgehead atoms. The molecule has 0 radical (unpaired) electrons. The van der Waals surface area contributed by atoms with E-state index < -0.39 is 0 Å². The molecule has 1 aromatic heterocycles. The smallest absolute Gasteiger partial charge is 0.223 e. The summed E-state index contributed by atoms with van der Waals surface area (Å²) in [5.74, 6) is 1.25. The fourth-order valence-electron chi connectivity index (χ4n) is 2.55. The van der Waals surface area contributed by atoms with E-state index in [2.05, 4.69) is 15.6 Å². The number of rotatable bonds is 2. The zero-order chi connectivity index (χ0) is 12.5. The standard InChI is InChI=1S/C14H17N3O/c1-2-5-14(18)16-8-9-17-12-7-4-3-6-11(12)15-13(17)10-16/h3-4,6-7H,2,5,8-10H2,1H3. The van der Waals surface area contributed by atoms with Crippen molar-refractivity contribution in [2.45, 2.75) is 32.9 Å². The second-order valence-electron chi connectivity index (χ2n) is 4.73. The van der Waals surface area contributed by atoms with Crippen LogP contribution >= 0.6 is 0 Å². The third-order valence-corrected chi connectivity index (χ3v) is 3.48. The summed E-state index contributed by atoms with van der Waals surface area (Å²) in [6, 6.07) is 8.15. The van der Waals surface area contributed by atoms with Crippen molar-refractivity contribution in [3.8, 4) is 0 Å². The normalized spacial score (nSPS) is 14.8. The van der Waals surface area contributed by atoms with Crippen molar-refractivity contribution in [3.63, 3.8) is 0 Å². The van der Waals surface area contributed by atoms with Crippen molar-refractivity contribution >= 4 is 16.9 Å². The number of fused-ring (bicyclic) bond motifs is 3. The summed E-state index contributed by atoms with van der Waals surface area (Å²) in [6.07, 6.45) is 1.55. The van der Waals surface area contributed by atoms with Crippen molar-refractivity contribution in [1.29, 1.82) is 0 Å². The first-order valence-corrected chi connectivity index (χ1v) is 6.51. The molecule has 2 heterocycles. The predicted molar refractivity (Wildman–Crippen MR) is 70.1 cm³/mol. The van der Waals surface area contributed by atoms with E-state index in [9.17, 15) is 4.79 Å². The van der Waals surface area contributed by atoms with Crippen LogP contribution in [0, 0.1) is 0 Å². The number of imidazole rings is 1. The molecule has 0 spiro atoms. The fourth-order valence-corrected chi connectivity index (χ4v) is 2.55.